The van der Waals surface area contributed by atoms with Crippen molar-refractivity contribution in [1.29, 1.82) is 0 Å². The second-order valence-corrected chi connectivity index (χ2v) is 10.2. The first-order valence-corrected chi connectivity index (χ1v) is 13.3. The van der Waals surface area contributed by atoms with E-state index in [0.717, 1.165) is 38.8 Å². The molecule has 2 fully saturated rings. The number of hydrogen-bond acceptors (Lipinski definition) is 8. The van der Waals surface area contributed by atoms with Gasteiger partial charge in [-0.15, -0.1) is 0 Å². The highest BCUT2D eigenvalue weighted by atomic mass is 35.5. The summed E-state index contributed by atoms with van der Waals surface area (Å²) in [6.07, 6.45) is 2.30. The number of rotatable bonds is 8. The Bertz CT molecular complexity index is 1350. The molecule has 0 unspecified atom stereocenters. The fourth-order valence-corrected chi connectivity index (χ4v) is 5.04. The maximum atomic E-state index is 14.5. The molecule has 2 saturated heterocycles. The number of nitrogens with zero attached hydrogens (tertiary/aromatic N) is 5. The zero-order valence-electron chi connectivity index (χ0n) is 21.9. The van der Waals surface area contributed by atoms with Crippen LogP contribution in [-0.4, -0.2) is 96.6 Å². The largest absolute Gasteiger partial charge is 0.493 e. The van der Waals surface area contributed by atoms with Crippen LogP contribution in [0.5, 0.6) is 11.5 Å². The predicted octanol–water partition coefficient (Wildman–Crippen LogP) is 3.93. The Balaban J connectivity index is 1.28. The minimum atomic E-state index is -0.920. The number of aromatic nitrogens is 2. The zero-order chi connectivity index (χ0) is 27.5. The first kappa shape index (κ1) is 27.3. The van der Waals surface area contributed by atoms with E-state index in [1.807, 2.05) is 4.90 Å². The quantitative estimate of drug-likeness (QED) is 0.415. The van der Waals surface area contributed by atoms with E-state index in [-0.39, 0.29) is 17.7 Å². The highest BCUT2D eigenvalue weighted by Crippen LogP contribution is 2.37. The number of likely N-dealkylation sites (N-methyl/N-ethyl adjacent to an activating group) is 1. The highest BCUT2D eigenvalue weighted by molar-refractivity contribution is 6.31. The van der Waals surface area contributed by atoms with Crippen LogP contribution in [0.15, 0.2) is 30.6 Å². The summed E-state index contributed by atoms with van der Waals surface area (Å²) >= 11 is 5.73. The second kappa shape index (κ2) is 11.8. The van der Waals surface area contributed by atoms with Crippen molar-refractivity contribution in [3.05, 3.63) is 47.2 Å². The van der Waals surface area contributed by atoms with Crippen LogP contribution in [0.4, 0.5) is 20.3 Å². The number of fused-ring (bicyclic) bond motifs is 1. The van der Waals surface area contributed by atoms with Crippen molar-refractivity contribution in [2.45, 2.75) is 18.9 Å². The lowest BCUT2D eigenvalue weighted by Gasteiger charge is -2.32. The summed E-state index contributed by atoms with van der Waals surface area (Å²) in [4.78, 5) is 27.9. The molecule has 5 rings (SSSR count). The minimum Gasteiger partial charge on any atom is -0.493 e. The van der Waals surface area contributed by atoms with Gasteiger partial charge in [-0.05, 0) is 25.2 Å². The van der Waals surface area contributed by atoms with E-state index < -0.39 is 16.7 Å². The molecule has 1 atom stereocenters. The number of amides is 1. The molecular formula is C27H31ClF2N6O3. The molecule has 1 amide bonds. The van der Waals surface area contributed by atoms with Gasteiger partial charge in [0.1, 0.15) is 29.1 Å². The summed E-state index contributed by atoms with van der Waals surface area (Å²) in [5.74, 6) is -0.417. The Morgan fingerprint density at radius 1 is 1.13 bits per heavy atom. The Labute approximate surface area is 230 Å². The molecule has 39 heavy (non-hydrogen) atoms. The number of halogens is 3. The van der Waals surface area contributed by atoms with Crippen molar-refractivity contribution >= 4 is 39.9 Å². The molecular weight excluding hydrogens is 530 g/mol. The van der Waals surface area contributed by atoms with Crippen LogP contribution in [0.2, 0.25) is 5.02 Å². The molecule has 12 heteroatoms. The molecule has 2 aromatic carbocycles. The van der Waals surface area contributed by atoms with Crippen LogP contribution < -0.4 is 14.8 Å². The summed E-state index contributed by atoms with van der Waals surface area (Å²) in [6, 6.07) is 5.75. The number of nitrogens with one attached hydrogen (secondary N) is 1. The first-order chi connectivity index (χ1) is 18.8. The Hall–Kier alpha value is -3.28. The Kier molecular flexibility index (Phi) is 8.29. The maximum Gasteiger partial charge on any atom is 0.223 e. The van der Waals surface area contributed by atoms with E-state index >= 15 is 0 Å². The van der Waals surface area contributed by atoms with Gasteiger partial charge in [-0.3, -0.25) is 4.79 Å². The molecule has 0 saturated carbocycles. The number of benzene rings is 2. The summed E-state index contributed by atoms with van der Waals surface area (Å²) in [7, 11) is 3.65. The van der Waals surface area contributed by atoms with Gasteiger partial charge in [0.05, 0.1) is 24.9 Å². The van der Waals surface area contributed by atoms with Gasteiger partial charge in [0.25, 0.3) is 0 Å². The fraction of sp³-hybridized carbons (Fsp3) is 0.444. The topological polar surface area (TPSA) is 83.1 Å². The molecule has 0 bridgehead atoms. The molecule has 3 aromatic rings. The van der Waals surface area contributed by atoms with Crippen LogP contribution in [-0.2, 0) is 4.79 Å². The molecule has 0 spiro atoms. The van der Waals surface area contributed by atoms with E-state index in [1.165, 1.54) is 19.5 Å². The maximum absolute atomic E-state index is 14.5. The molecule has 2 aliphatic heterocycles. The number of likely N-dealkylation sites (tertiary alicyclic amines) is 1. The summed E-state index contributed by atoms with van der Waals surface area (Å²) in [6.45, 7) is 5.90. The third kappa shape index (κ3) is 6.15. The monoisotopic (exact) mass is 560 g/mol. The lowest BCUT2D eigenvalue weighted by molar-refractivity contribution is -0.130. The number of carbonyl (C=O) groups is 1. The third-order valence-corrected chi connectivity index (χ3v) is 7.58. The average molecular weight is 561 g/mol. The van der Waals surface area contributed by atoms with Gasteiger partial charge in [0, 0.05) is 63.6 Å². The van der Waals surface area contributed by atoms with E-state index in [4.69, 9.17) is 21.1 Å². The molecule has 0 radical (unpaired) electrons. The van der Waals surface area contributed by atoms with Crippen LogP contribution in [0, 0.1) is 11.6 Å². The van der Waals surface area contributed by atoms with Crippen LogP contribution in [0.3, 0.4) is 0 Å². The molecule has 208 valence electrons. The van der Waals surface area contributed by atoms with Gasteiger partial charge in [-0.2, -0.15) is 0 Å². The smallest absolute Gasteiger partial charge is 0.223 e. The van der Waals surface area contributed by atoms with E-state index in [9.17, 15) is 13.6 Å². The van der Waals surface area contributed by atoms with Crippen molar-refractivity contribution in [2.75, 3.05) is 65.3 Å². The minimum absolute atomic E-state index is 0.0267. The van der Waals surface area contributed by atoms with Crippen LogP contribution >= 0.6 is 11.6 Å². The van der Waals surface area contributed by atoms with Crippen molar-refractivity contribution in [1.82, 2.24) is 24.7 Å². The molecule has 0 aliphatic carbocycles. The van der Waals surface area contributed by atoms with Crippen molar-refractivity contribution in [2.24, 2.45) is 0 Å². The first-order valence-electron chi connectivity index (χ1n) is 12.9. The van der Waals surface area contributed by atoms with E-state index in [1.54, 1.807) is 12.1 Å². The number of ether oxygens (including phenoxy) is 2. The summed E-state index contributed by atoms with van der Waals surface area (Å²) < 4.78 is 40.0. The van der Waals surface area contributed by atoms with Gasteiger partial charge in [0.15, 0.2) is 17.3 Å². The SMILES string of the molecule is COc1cc2ncnc(Nc3ccc(F)c(Cl)c3F)c2cc1O[C@H]1CCN(C(=O)CCN2CCN(C)CC2)C1. The van der Waals surface area contributed by atoms with Crippen molar-refractivity contribution < 1.29 is 23.0 Å². The fourth-order valence-electron chi connectivity index (χ4n) is 4.88. The standard InChI is InChI=1S/C27H31ClF2N6O3/c1-34-9-11-35(12-10-34)7-6-24(37)36-8-5-17(15-36)39-23-13-18-21(14-22(23)38-2)31-16-32-27(18)33-20-4-3-19(29)25(28)26(20)30/h3-4,13-14,16-17H,5-12,15H2,1-2H3,(H,31,32,33)/t17-/m0/s1. The number of piperazine rings is 1. The molecule has 9 nitrogen and oxygen atoms in total. The van der Waals surface area contributed by atoms with Gasteiger partial charge in [-0.25, -0.2) is 18.7 Å². The summed E-state index contributed by atoms with van der Waals surface area (Å²) in [5, 5.41) is 2.82. The summed E-state index contributed by atoms with van der Waals surface area (Å²) in [5.41, 5.74) is 0.513. The van der Waals surface area contributed by atoms with Crippen molar-refractivity contribution in [3.63, 3.8) is 0 Å². The molecule has 1 aromatic heterocycles. The number of methoxy groups -OCH3 is 1. The van der Waals surface area contributed by atoms with E-state index in [0.29, 0.717) is 54.2 Å². The molecule has 1 N–H and O–H groups in total. The van der Waals surface area contributed by atoms with Gasteiger partial charge >= 0.3 is 0 Å². The Morgan fingerprint density at radius 3 is 2.69 bits per heavy atom. The van der Waals surface area contributed by atoms with E-state index in [2.05, 4.69) is 32.1 Å². The number of anilines is 2. The lowest BCUT2D eigenvalue weighted by Crippen LogP contribution is -2.45. The Morgan fingerprint density at radius 2 is 1.92 bits per heavy atom. The predicted molar refractivity (Wildman–Crippen MR) is 145 cm³/mol. The van der Waals surface area contributed by atoms with Crippen molar-refractivity contribution in [3.8, 4) is 11.5 Å². The van der Waals surface area contributed by atoms with Gasteiger partial charge in [-0.1, -0.05) is 11.6 Å². The molecule has 3 heterocycles. The van der Waals surface area contributed by atoms with Gasteiger partial charge < -0.3 is 29.5 Å². The normalized spacial score (nSPS) is 18.5. The third-order valence-electron chi connectivity index (χ3n) is 7.24. The van der Waals surface area contributed by atoms with Crippen LogP contribution in [0.1, 0.15) is 12.8 Å². The lowest BCUT2D eigenvalue weighted by atomic mass is 10.2. The van der Waals surface area contributed by atoms with Gasteiger partial charge in [0.2, 0.25) is 5.91 Å². The number of carbonyl (C=O) groups excluding carboxylic acids is 1. The zero-order valence-corrected chi connectivity index (χ0v) is 22.7. The average Bonchev–Trinajstić information content (AvgIpc) is 3.41. The molecule has 2 aliphatic rings. The number of hydrogen-bond donors (Lipinski definition) is 1. The van der Waals surface area contributed by atoms with Crippen LogP contribution in [0.25, 0.3) is 10.9 Å². The second-order valence-electron chi connectivity index (χ2n) is 9.85. The highest BCUT2D eigenvalue weighted by Gasteiger charge is 2.29.